The number of nitrogens with zero attached hydrogens (tertiary/aromatic N) is 1. The fourth-order valence-electron chi connectivity index (χ4n) is 0.996. The molecule has 1 aromatic heterocycles. The maximum atomic E-state index is 5.29. The van der Waals surface area contributed by atoms with Crippen LogP contribution in [0.4, 0.5) is 0 Å². The van der Waals surface area contributed by atoms with Crippen LogP contribution < -0.4 is 4.74 Å². The number of terminal acetylenes is 1. The van der Waals surface area contributed by atoms with Crippen molar-refractivity contribution in [3.63, 3.8) is 0 Å². The molecule has 1 aromatic rings. The molecule has 0 amide bonds. The van der Waals surface area contributed by atoms with Gasteiger partial charge in [0.1, 0.15) is 0 Å². The zero-order valence-corrected chi connectivity index (χ0v) is 7.29. The quantitative estimate of drug-likeness (QED) is 0.615. The van der Waals surface area contributed by atoms with Crippen LogP contribution in [0.3, 0.4) is 0 Å². The highest BCUT2D eigenvalue weighted by Crippen LogP contribution is 2.11. The van der Waals surface area contributed by atoms with Crippen molar-refractivity contribution in [3.8, 4) is 18.2 Å². The third-order valence-corrected chi connectivity index (χ3v) is 1.65. The molecule has 0 fully saturated rings. The van der Waals surface area contributed by atoms with Gasteiger partial charge in [0, 0.05) is 11.6 Å². The predicted molar refractivity (Wildman–Crippen MR) is 48.1 cm³/mol. The largest absolute Gasteiger partial charge is 0.481 e. The summed E-state index contributed by atoms with van der Waals surface area (Å²) in [5.74, 6) is 3.20. The van der Waals surface area contributed by atoms with E-state index in [1.54, 1.807) is 13.2 Å². The van der Waals surface area contributed by atoms with Gasteiger partial charge in [-0.05, 0) is 12.5 Å². The van der Waals surface area contributed by atoms with E-state index < -0.39 is 0 Å². The molecule has 0 atom stereocenters. The standard InChI is InChI=1S/C10H11NO/c1-4-8-6-7-10(12-3)11-9(8)5-2/h1,6-7H,5H2,2-3H3. The minimum absolute atomic E-state index is 0.617. The van der Waals surface area contributed by atoms with Crippen molar-refractivity contribution in [2.75, 3.05) is 7.11 Å². The van der Waals surface area contributed by atoms with Gasteiger partial charge in [-0.25, -0.2) is 4.98 Å². The van der Waals surface area contributed by atoms with Crippen LogP contribution in [0, 0.1) is 12.3 Å². The molecule has 0 saturated heterocycles. The van der Waals surface area contributed by atoms with Crippen LogP contribution in [0.2, 0.25) is 0 Å². The highest BCUT2D eigenvalue weighted by molar-refractivity contribution is 5.38. The van der Waals surface area contributed by atoms with Gasteiger partial charge in [-0.3, -0.25) is 0 Å². The summed E-state index contributed by atoms with van der Waals surface area (Å²) in [5, 5.41) is 0. The Hall–Kier alpha value is -1.49. The molecule has 0 aromatic carbocycles. The Balaban J connectivity index is 3.13. The van der Waals surface area contributed by atoms with E-state index >= 15 is 0 Å². The minimum Gasteiger partial charge on any atom is -0.481 e. The molecule has 0 aliphatic rings. The first-order valence-electron chi connectivity index (χ1n) is 3.82. The third-order valence-electron chi connectivity index (χ3n) is 1.65. The first-order valence-corrected chi connectivity index (χ1v) is 3.82. The molecule has 0 radical (unpaired) electrons. The molecule has 0 N–H and O–H groups in total. The van der Waals surface area contributed by atoms with Crippen molar-refractivity contribution >= 4 is 0 Å². The number of rotatable bonds is 2. The van der Waals surface area contributed by atoms with Crippen LogP contribution in [-0.2, 0) is 6.42 Å². The van der Waals surface area contributed by atoms with E-state index in [2.05, 4.69) is 10.9 Å². The van der Waals surface area contributed by atoms with Gasteiger partial charge in [0.15, 0.2) is 0 Å². The van der Waals surface area contributed by atoms with E-state index in [1.807, 2.05) is 13.0 Å². The molecule has 0 saturated carbocycles. The van der Waals surface area contributed by atoms with Crippen molar-refractivity contribution in [1.82, 2.24) is 4.98 Å². The Labute approximate surface area is 72.6 Å². The summed E-state index contributed by atoms with van der Waals surface area (Å²) in [6.07, 6.45) is 6.12. The first-order chi connectivity index (χ1) is 5.81. The third kappa shape index (κ3) is 1.57. The van der Waals surface area contributed by atoms with Crippen LogP contribution in [-0.4, -0.2) is 12.1 Å². The lowest BCUT2D eigenvalue weighted by molar-refractivity contribution is 0.396. The molecular weight excluding hydrogens is 150 g/mol. The van der Waals surface area contributed by atoms with E-state index in [-0.39, 0.29) is 0 Å². The summed E-state index contributed by atoms with van der Waals surface area (Å²) in [6, 6.07) is 3.62. The van der Waals surface area contributed by atoms with Crippen molar-refractivity contribution in [1.29, 1.82) is 0 Å². The molecule has 1 heterocycles. The molecule has 1 rings (SSSR count). The minimum atomic E-state index is 0.617. The lowest BCUT2D eigenvalue weighted by Gasteiger charge is -2.03. The zero-order valence-electron chi connectivity index (χ0n) is 7.29. The van der Waals surface area contributed by atoms with Gasteiger partial charge < -0.3 is 4.74 Å². The topological polar surface area (TPSA) is 22.1 Å². The van der Waals surface area contributed by atoms with Gasteiger partial charge in [-0.15, -0.1) is 6.42 Å². The number of aromatic nitrogens is 1. The number of hydrogen-bond acceptors (Lipinski definition) is 2. The van der Waals surface area contributed by atoms with Crippen LogP contribution in [0.5, 0.6) is 5.88 Å². The van der Waals surface area contributed by atoms with Crippen molar-refractivity contribution < 1.29 is 4.74 Å². The van der Waals surface area contributed by atoms with Gasteiger partial charge in [-0.2, -0.15) is 0 Å². The lowest BCUT2D eigenvalue weighted by atomic mass is 10.1. The first kappa shape index (κ1) is 8.61. The number of ether oxygens (including phenoxy) is 1. The molecule has 0 spiro atoms. The van der Waals surface area contributed by atoms with Gasteiger partial charge in [0.2, 0.25) is 5.88 Å². The molecule has 0 bridgehead atoms. The number of methoxy groups -OCH3 is 1. The molecule has 0 aliphatic heterocycles. The van der Waals surface area contributed by atoms with Crippen molar-refractivity contribution in [2.24, 2.45) is 0 Å². The summed E-state index contributed by atoms with van der Waals surface area (Å²) in [5.41, 5.74) is 1.76. The fraction of sp³-hybridized carbons (Fsp3) is 0.300. The smallest absolute Gasteiger partial charge is 0.213 e. The summed E-state index contributed by atoms with van der Waals surface area (Å²) < 4.78 is 4.98. The van der Waals surface area contributed by atoms with E-state index in [1.165, 1.54) is 0 Å². The van der Waals surface area contributed by atoms with Gasteiger partial charge in [0.05, 0.1) is 12.8 Å². The predicted octanol–water partition coefficient (Wildman–Crippen LogP) is 1.63. The van der Waals surface area contributed by atoms with E-state index in [0.29, 0.717) is 5.88 Å². The van der Waals surface area contributed by atoms with Crippen LogP contribution in [0.25, 0.3) is 0 Å². The summed E-state index contributed by atoms with van der Waals surface area (Å²) in [7, 11) is 1.59. The number of pyridine rings is 1. The molecule has 2 nitrogen and oxygen atoms in total. The van der Waals surface area contributed by atoms with Crippen LogP contribution in [0.1, 0.15) is 18.2 Å². The Kier molecular flexibility index (Phi) is 2.71. The monoisotopic (exact) mass is 161 g/mol. The summed E-state index contributed by atoms with van der Waals surface area (Å²) in [6.45, 7) is 2.02. The van der Waals surface area contributed by atoms with E-state index in [4.69, 9.17) is 11.2 Å². The molecule has 0 aliphatic carbocycles. The number of aryl methyl sites for hydroxylation is 1. The summed E-state index contributed by atoms with van der Waals surface area (Å²) >= 11 is 0. The maximum absolute atomic E-state index is 5.29. The molecule has 12 heavy (non-hydrogen) atoms. The van der Waals surface area contributed by atoms with E-state index in [9.17, 15) is 0 Å². The highest BCUT2D eigenvalue weighted by Gasteiger charge is 2.00. The van der Waals surface area contributed by atoms with Crippen molar-refractivity contribution in [2.45, 2.75) is 13.3 Å². The second-order valence-corrected chi connectivity index (χ2v) is 2.35. The van der Waals surface area contributed by atoms with E-state index in [0.717, 1.165) is 17.7 Å². The highest BCUT2D eigenvalue weighted by atomic mass is 16.5. The number of hydrogen-bond donors (Lipinski definition) is 0. The van der Waals surface area contributed by atoms with Crippen molar-refractivity contribution in [3.05, 3.63) is 23.4 Å². The second-order valence-electron chi connectivity index (χ2n) is 2.35. The second kappa shape index (κ2) is 3.77. The SMILES string of the molecule is C#Cc1ccc(OC)nc1CC. The Morgan fingerprint density at radius 3 is 2.83 bits per heavy atom. The zero-order chi connectivity index (χ0) is 8.97. The lowest BCUT2D eigenvalue weighted by Crippen LogP contribution is -1.95. The Morgan fingerprint density at radius 1 is 1.58 bits per heavy atom. The molecular formula is C10H11NO. The van der Waals surface area contributed by atoms with Gasteiger partial charge in [-0.1, -0.05) is 12.8 Å². The van der Waals surface area contributed by atoms with Gasteiger partial charge in [0.25, 0.3) is 0 Å². The normalized spacial score (nSPS) is 9.08. The Morgan fingerprint density at radius 2 is 2.33 bits per heavy atom. The summed E-state index contributed by atoms with van der Waals surface area (Å²) in [4.78, 5) is 4.22. The Bertz CT molecular complexity index is 312. The molecule has 0 unspecified atom stereocenters. The maximum Gasteiger partial charge on any atom is 0.213 e. The van der Waals surface area contributed by atoms with Crippen LogP contribution in [0.15, 0.2) is 12.1 Å². The van der Waals surface area contributed by atoms with Gasteiger partial charge >= 0.3 is 0 Å². The average molecular weight is 161 g/mol. The molecule has 62 valence electrons. The average Bonchev–Trinajstić information content (AvgIpc) is 2.16. The molecule has 2 heteroatoms. The van der Waals surface area contributed by atoms with Crippen LogP contribution >= 0.6 is 0 Å². The fourth-order valence-corrected chi connectivity index (χ4v) is 0.996.